The van der Waals surface area contributed by atoms with E-state index in [1.54, 1.807) is 12.1 Å². The van der Waals surface area contributed by atoms with E-state index in [1.807, 2.05) is 30.3 Å². The first kappa shape index (κ1) is 35.4. The maximum Gasteiger partial charge on any atom is 0.417 e. The highest BCUT2D eigenvalue weighted by atomic mass is 35.5. The summed E-state index contributed by atoms with van der Waals surface area (Å²) < 4.78 is 44.2. The minimum absolute atomic E-state index is 0.0474. The minimum Gasteiger partial charge on any atom is -0.438 e. The molecule has 14 heteroatoms. The van der Waals surface area contributed by atoms with E-state index in [1.165, 1.54) is 17.0 Å². The average Bonchev–Trinajstić information content (AvgIpc) is 3.00. The summed E-state index contributed by atoms with van der Waals surface area (Å²) >= 11 is 5.92. The second kappa shape index (κ2) is 16.9. The number of nitrogens with two attached hydrogens (primary N) is 3. The van der Waals surface area contributed by atoms with Gasteiger partial charge in [0.1, 0.15) is 10.8 Å². The van der Waals surface area contributed by atoms with Crippen LogP contribution >= 0.6 is 11.6 Å². The Bertz CT molecular complexity index is 1420. The Morgan fingerprint density at radius 3 is 2.20 bits per heavy atom. The molecule has 0 fully saturated rings. The molecule has 242 valence electrons. The number of aryl methyl sites for hydroxylation is 1. The number of rotatable bonds is 16. The van der Waals surface area contributed by atoms with Crippen molar-refractivity contribution in [3.8, 4) is 11.6 Å². The molecule has 45 heavy (non-hydrogen) atoms. The maximum absolute atomic E-state index is 13.4. The van der Waals surface area contributed by atoms with E-state index in [0.29, 0.717) is 24.6 Å². The zero-order valence-corrected chi connectivity index (χ0v) is 25.2. The number of amides is 2. The molecule has 3 aromatic rings. The molecular formula is C31H36ClF3N6O4. The third-order valence-corrected chi connectivity index (χ3v) is 7.07. The molecule has 2 aromatic carbocycles. The van der Waals surface area contributed by atoms with Crippen LogP contribution in [0.1, 0.15) is 29.5 Å². The highest BCUT2D eigenvalue weighted by Crippen LogP contribution is 2.34. The Balaban J connectivity index is 1.67. The molecule has 0 radical (unpaired) electrons. The number of hydrogen-bond acceptors (Lipinski definition) is 8. The predicted molar refractivity (Wildman–Crippen MR) is 163 cm³/mol. The van der Waals surface area contributed by atoms with Gasteiger partial charge in [-0.05, 0) is 42.2 Å². The molecule has 1 aromatic heterocycles. The zero-order valence-electron chi connectivity index (χ0n) is 24.4. The number of carbonyl (C=O) groups excluding carboxylic acids is 3. The Morgan fingerprint density at radius 1 is 0.978 bits per heavy atom. The van der Waals surface area contributed by atoms with E-state index >= 15 is 0 Å². The van der Waals surface area contributed by atoms with E-state index in [2.05, 4.69) is 10.3 Å². The largest absolute Gasteiger partial charge is 0.438 e. The molecule has 0 saturated carbocycles. The lowest BCUT2D eigenvalue weighted by atomic mass is 9.97. The van der Waals surface area contributed by atoms with Crippen molar-refractivity contribution >= 4 is 29.2 Å². The number of hydrogen-bond donors (Lipinski definition) is 4. The number of pyridine rings is 1. The number of aromatic nitrogens is 1. The van der Waals surface area contributed by atoms with Crippen LogP contribution in [-0.2, 0) is 33.4 Å². The van der Waals surface area contributed by atoms with Crippen LogP contribution in [0.25, 0.3) is 0 Å². The number of Topliss-reactive ketones (excluding diaryl/α,β-unsaturated/α-hetero) is 1. The van der Waals surface area contributed by atoms with Crippen LogP contribution in [0.2, 0.25) is 5.02 Å². The number of alkyl halides is 3. The quantitative estimate of drug-likeness (QED) is 0.184. The number of nitrogens with zero attached hydrogens (tertiary/aromatic N) is 2. The fourth-order valence-electron chi connectivity index (χ4n) is 4.40. The molecule has 2 atom stereocenters. The first-order chi connectivity index (χ1) is 21.4. The summed E-state index contributed by atoms with van der Waals surface area (Å²) in [7, 11) is 0. The lowest BCUT2D eigenvalue weighted by molar-refractivity contribution is -0.138. The summed E-state index contributed by atoms with van der Waals surface area (Å²) in [6, 6.07) is 14.3. The van der Waals surface area contributed by atoms with Crippen molar-refractivity contribution in [1.29, 1.82) is 0 Å². The van der Waals surface area contributed by atoms with Gasteiger partial charge in [-0.15, -0.1) is 0 Å². The summed E-state index contributed by atoms with van der Waals surface area (Å²) in [6.07, 6.45) is -3.50. The van der Waals surface area contributed by atoms with Crippen molar-refractivity contribution in [2.75, 3.05) is 26.2 Å². The Labute approximate surface area is 264 Å². The number of carbonyl (C=O) groups is 3. The molecule has 2 amide bonds. The topological polar surface area (TPSA) is 167 Å². The molecule has 10 nitrogen and oxygen atoms in total. The highest BCUT2D eigenvalue weighted by molar-refractivity contribution is 6.31. The molecular weight excluding hydrogens is 613 g/mol. The van der Waals surface area contributed by atoms with Gasteiger partial charge in [0, 0.05) is 38.8 Å². The SMILES string of the molecule is NCCN(CCN)C(=O)C[C@H](N)C(=O)N[C@@H](CCc1ccccc1)C(=O)Cc1ccc(Oc2ncc(C(F)(F)F)cc2Cl)cc1. The van der Waals surface area contributed by atoms with E-state index in [4.69, 9.17) is 33.5 Å². The van der Waals surface area contributed by atoms with Gasteiger partial charge in [-0.3, -0.25) is 14.4 Å². The number of nitrogens with one attached hydrogen (secondary N) is 1. The normalized spacial score (nSPS) is 12.7. The third-order valence-electron chi connectivity index (χ3n) is 6.80. The third kappa shape index (κ3) is 11.1. The standard InChI is InChI=1S/C31H36ClF3N6O4/c32-24-17-22(31(33,34)35)19-39-30(24)45-23-9-6-21(7-10-23)16-27(42)26(11-8-20-4-2-1-3-5-20)40-29(44)25(38)18-28(43)41(14-12-36)15-13-37/h1-7,9-10,17,19,25-26H,8,11-16,18,36-38H2,(H,40,44)/t25-,26-/m0/s1. The summed E-state index contributed by atoms with van der Waals surface area (Å²) in [5.74, 6) is -1.26. The average molecular weight is 649 g/mol. The van der Waals surface area contributed by atoms with Gasteiger partial charge in [-0.25, -0.2) is 4.98 Å². The van der Waals surface area contributed by atoms with Crippen LogP contribution in [0.4, 0.5) is 13.2 Å². The van der Waals surface area contributed by atoms with Gasteiger partial charge < -0.3 is 32.2 Å². The van der Waals surface area contributed by atoms with Crippen molar-refractivity contribution in [1.82, 2.24) is 15.2 Å². The van der Waals surface area contributed by atoms with Crippen molar-refractivity contribution in [2.24, 2.45) is 17.2 Å². The Kier molecular flexibility index (Phi) is 13.3. The molecule has 0 bridgehead atoms. The lowest BCUT2D eigenvalue weighted by Gasteiger charge is -2.24. The Hall–Kier alpha value is -4.04. The first-order valence-electron chi connectivity index (χ1n) is 14.2. The number of ether oxygens (including phenoxy) is 1. The number of halogens is 4. The minimum atomic E-state index is -4.60. The summed E-state index contributed by atoms with van der Waals surface area (Å²) in [6.45, 7) is 1.02. The number of benzene rings is 2. The molecule has 1 heterocycles. The highest BCUT2D eigenvalue weighted by Gasteiger charge is 2.32. The fraction of sp³-hybridized carbons (Fsp3) is 0.355. The van der Waals surface area contributed by atoms with Crippen LogP contribution in [0.15, 0.2) is 66.9 Å². The van der Waals surface area contributed by atoms with Crippen molar-refractivity contribution in [3.05, 3.63) is 88.6 Å². The van der Waals surface area contributed by atoms with Crippen molar-refractivity contribution < 1.29 is 32.3 Å². The molecule has 7 N–H and O–H groups in total. The molecule has 0 spiro atoms. The van der Waals surface area contributed by atoms with E-state index in [-0.39, 0.29) is 67.4 Å². The summed E-state index contributed by atoms with van der Waals surface area (Å²) in [5.41, 5.74) is 17.8. The maximum atomic E-state index is 13.4. The van der Waals surface area contributed by atoms with Crippen molar-refractivity contribution in [2.45, 2.75) is 43.9 Å². The Morgan fingerprint density at radius 2 is 1.62 bits per heavy atom. The van der Waals surface area contributed by atoms with Gasteiger partial charge in [0.15, 0.2) is 5.78 Å². The predicted octanol–water partition coefficient (Wildman–Crippen LogP) is 3.24. The molecule has 0 saturated heterocycles. The van der Waals surface area contributed by atoms with Crippen LogP contribution in [0.5, 0.6) is 11.6 Å². The molecule has 0 aliphatic carbocycles. The number of ketones is 1. The zero-order chi connectivity index (χ0) is 33.0. The second-order valence-electron chi connectivity index (χ2n) is 10.3. The summed E-state index contributed by atoms with van der Waals surface area (Å²) in [5, 5.41) is 2.41. The lowest BCUT2D eigenvalue weighted by Crippen LogP contribution is -2.51. The molecule has 0 aliphatic heterocycles. The van der Waals surface area contributed by atoms with Crippen LogP contribution in [-0.4, -0.2) is 65.7 Å². The van der Waals surface area contributed by atoms with E-state index in [9.17, 15) is 27.6 Å². The van der Waals surface area contributed by atoms with Crippen LogP contribution < -0.4 is 27.3 Å². The van der Waals surface area contributed by atoms with E-state index < -0.39 is 29.7 Å². The monoisotopic (exact) mass is 648 g/mol. The van der Waals surface area contributed by atoms with Gasteiger partial charge in [-0.2, -0.15) is 13.2 Å². The van der Waals surface area contributed by atoms with Gasteiger partial charge >= 0.3 is 6.18 Å². The smallest absolute Gasteiger partial charge is 0.417 e. The van der Waals surface area contributed by atoms with Gasteiger partial charge in [0.05, 0.1) is 24.1 Å². The van der Waals surface area contributed by atoms with Gasteiger partial charge in [0.2, 0.25) is 17.7 Å². The van der Waals surface area contributed by atoms with Crippen LogP contribution in [0.3, 0.4) is 0 Å². The summed E-state index contributed by atoms with van der Waals surface area (Å²) in [4.78, 5) is 44.2. The molecule has 3 rings (SSSR count). The second-order valence-corrected chi connectivity index (χ2v) is 10.7. The van der Waals surface area contributed by atoms with Crippen LogP contribution in [0, 0.1) is 0 Å². The first-order valence-corrected chi connectivity index (χ1v) is 14.6. The molecule has 0 unspecified atom stereocenters. The van der Waals surface area contributed by atoms with Gasteiger partial charge in [-0.1, -0.05) is 54.1 Å². The fourth-order valence-corrected chi connectivity index (χ4v) is 4.60. The van der Waals surface area contributed by atoms with Crippen molar-refractivity contribution in [3.63, 3.8) is 0 Å². The van der Waals surface area contributed by atoms with E-state index in [0.717, 1.165) is 11.6 Å². The molecule has 0 aliphatic rings. The van der Waals surface area contributed by atoms with Gasteiger partial charge in [0.25, 0.3) is 0 Å².